The van der Waals surface area contributed by atoms with Crippen LogP contribution < -0.4 is 15.8 Å². The van der Waals surface area contributed by atoms with E-state index in [0.717, 1.165) is 6.54 Å². The van der Waals surface area contributed by atoms with Gasteiger partial charge in [-0.05, 0) is 30.9 Å². The lowest BCUT2D eigenvalue weighted by atomic mass is 9.85. The summed E-state index contributed by atoms with van der Waals surface area (Å²) < 4.78 is 5.16. The van der Waals surface area contributed by atoms with Crippen LogP contribution in [0.15, 0.2) is 18.2 Å². The molecule has 0 heterocycles. The molecular weight excluding hydrogens is 216 g/mol. The number of hydrogen-bond acceptors (Lipinski definition) is 3. The second kappa shape index (κ2) is 5.08. The lowest BCUT2D eigenvalue weighted by Gasteiger charge is -2.25. The predicted octanol–water partition coefficient (Wildman–Crippen LogP) is 1.81. The molecule has 17 heavy (non-hydrogen) atoms. The van der Waals surface area contributed by atoms with Crippen LogP contribution in [0.2, 0.25) is 0 Å². The quantitative estimate of drug-likeness (QED) is 0.781. The van der Waals surface area contributed by atoms with Gasteiger partial charge < -0.3 is 15.8 Å². The molecule has 0 atom stereocenters. The standard InChI is InChI=1S/C13H18N2O2/c1-17-12-10(6-3-7-11(12)14)13(16)15-8-9-4-2-5-9/h3,6-7,9H,2,4-5,8,14H2,1H3,(H,15,16). The van der Waals surface area contributed by atoms with Gasteiger partial charge in [-0.1, -0.05) is 12.5 Å². The molecule has 0 saturated heterocycles. The lowest BCUT2D eigenvalue weighted by Crippen LogP contribution is -2.32. The zero-order valence-corrected chi connectivity index (χ0v) is 10.0. The van der Waals surface area contributed by atoms with Crippen molar-refractivity contribution in [1.29, 1.82) is 0 Å². The zero-order chi connectivity index (χ0) is 12.3. The highest BCUT2D eigenvalue weighted by Gasteiger charge is 2.20. The van der Waals surface area contributed by atoms with Crippen LogP contribution in [0.25, 0.3) is 0 Å². The number of anilines is 1. The first kappa shape index (κ1) is 11.8. The van der Waals surface area contributed by atoms with Crippen molar-refractivity contribution in [2.45, 2.75) is 19.3 Å². The Morgan fingerprint density at radius 3 is 2.88 bits per heavy atom. The molecule has 1 fully saturated rings. The van der Waals surface area contributed by atoms with Crippen molar-refractivity contribution in [3.63, 3.8) is 0 Å². The molecule has 0 aliphatic heterocycles. The fraction of sp³-hybridized carbons (Fsp3) is 0.462. The number of nitrogens with one attached hydrogen (secondary N) is 1. The Morgan fingerprint density at radius 1 is 1.53 bits per heavy atom. The molecule has 0 spiro atoms. The molecule has 0 aromatic heterocycles. The number of carbonyl (C=O) groups excluding carboxylic acids is 1. The second-order valence-electron chi connectivity index (χ2n) is 4.44. The summed E-state index contributed by atoms with van der Waals surface area (Å²) in [6.45, 7) is 0.747. The third-order valence-corrected chi connectivity index (χ3v) is 3.27. The first-order valence-corrected chi connectivity index (χ1v) is 5.93. The van der Waals surface area contributed by atoms with E-state index in [1.54, 1.807) is 18.2 Å². The molecule has 0 radical (unpaired) electrons. The number of amides is 1. The number of para-hydroxylation sites is 1. The highest BCUT2D eigenvalue weighted by atomic mass is 16.5. The van der Waals surface area contributed by atoms with E-state index in [1.165, 1.54) is 26.4 Å². The number of hydrogen-bond donors (Lipinski definition) is 2. The first-order valence-electron chi connectivity index (χ1n) is 5.93. The van der Waals surface area contributed by atoms with Crippen LogP contribution in [0.3, 0.4) is 0 Å². The fourth-order valence-electron chi connectivity index (χ4n) is 1.99. The number of benzene rings is 1. The molecule has 1 aromatic carbocycles. The van der Waals surface area contributed by atoms with Crippen molar-refractivity contribution in [3.8, 4) is 5.75 Å². The van der Waals surface area contributed by atoms with Crippen LogP contribution in [0.5, 0.6) is 5.75 Å². The highest BCUT2D eigenvalue weighted by molar-refractivity contribution is 5.98. The van der Waals surface area contributed by atoms with Crippen molar-refractivity contribution >= 4 is 11.6 Å². The Kier molecular flexibility index (Phi) is 3.52. The zero-order valence-electron chi connectivity index (χ0n) is 10.0. The topological polar surface area (TPSA) is 64.3 Å². The summed E-state index contributed by atoms with van der Waals surface area (Å²) in [5, 5.41) is 2.93. The van der Waals surface area contributed by atoms with Crippen molar-refractivity contribution in [2.24, 2.45) is 5.92 Å². The number of ether oxygens (including phenoxy) is 1. The summed E-state index contributed by atoms with van der Waals surface area (Å²) in [5.74, 6) is 0.991. The Hall–Kier alpha value is -1.71. The van der Waals surface area contributed by atoms with Crippen LogP contribution in [-0.2, 0) is 0 Å². The highest BCUT2D eigenvalue weighted by Crippen LogP contribution is 2.27. The Bertz CT molecular complexity index is 414. The maximum Gasteiger partial charge on any atom is 0.255 e. The van der Waals surface area contributed by atoms with E-state index in [2.05, 4.69) is 5.32 Å². The summed E-state index contributed by atoms with van der Waals surface area (Å²) in [7, 11) is 1.52. The third-order valence-electron chi connectivity index (χ3n) is 3.27. The maximum atomic E-state index is 12.0. The molecule has 92 valence electrons. The van der Waals surface area contributed by atoms with Crippen LogP contribution in [0, 0.1) is 5.92 Å². The molecule has 1 amide bonds. The van der Waals surface area contributed by atoms with E-state index in [4.69, 9.17) is 10.5 Å². The minimum absolute atomic E-state index is 0.110. The van der Waals surface area contributed by atoms with Crippen LogP contribution in [0.4, 0.5) is 5.69 Å². The van der Waals surface area contributed by atoms with E-state index in [0.29, 0.717) is 22.9 Å². The molecule has 3 N–H and O–H groups in total. The molecule has 0 bridgehead atoms. The van der Waals surface area contributed by atoms with Gasteiger partial charge in [0.1, 0.15) is 0 Å². The van der Waals surface area contributed by atoms with Gasteiger partial charge in [0.25, 0.3) is 5.91 Å². The van der Waals surface area contributed by atoms with Gasteiger partial charge in [0.05, 0.1) is 18.4 Å². The minimum atomic E-state index is -0.110. The molecular formula is C13H18N2O2. The SMILES string of the molecule is COc1c(N)cccc1C(=O)NCC1CCC1. The summed E-state index contributed by atoms with van der Waals surface area (Å²) in [6, 6.07) is 5.21. The van der Waals surface area contributed by atoms with E-state index in [-0.39, 0.29) is 5.91 Å². The van der Waals surface area contributed by atoms with Gasteiger partial charge >= 0.3 is 0 Å². The average molecular weight is 234 g/mol. The summed E-state index contributed by atoms with van der Waals surface area (Å²) in [6.07, 6.45) is 3.71. The van der Waals surface area contributed by atoms with Crippen LogP contribution in [-0.4, -0.2) is 19.6 Å². The molecule has 1 saturated carbocycles. The first-order chi connectivity index (χ1) is 8.22. The second-order valence-corrected chi connectivity index (χ2v) is 4.44. The summed E-state index contributed by atoms with van der Waals surface area (Å²) in [5.41, 5.74) is 6.75. The summed E-state index contributed by atoms with van der Waals surface area (Å²) >= 11 is 0. The molecule has 2 rings (SSSR count). The summed E-state index contributed by atoms with van der Waals surface area (Å²) in [4.78, 5) is 12.0. The molecule has 4 nitrogen and oxygen atoms in total. The van der Waals surface area contributed by atoms with E-state index in [9.17, 15) is 4.79 Å². The van der Waals surface area contributed by atoms with Gasteiger partial charge in [0.15, 0.2) is 5.75 Å². The molecule has 1 aliphatic rings. The molecule has 1 aliphatic carbocycles. The smallest absolute Gasteiger partial charge is 0.255 e. The van der Waals surface area contributed by atoms with Crippen molar-refractivity contribution in [1.82, 2.24) is 5.32 Å². The lowest BCUT2D eigenvalue weighted by molar-refractivity contribution is 0.0936. The number of nitrogen functional groups attached to an aromatic ring is 1. The molecule has 0 unspecified atom stereocenters. The normalized spacial score (nSPS) is 15.1. The van der Waals surface area contributed by atoms with Gasteiger partial charge in [-0.25, -0.2) is 0 Å². The Morgan fingerprint density at radius 2 is 2.29 bits per heavy atom. The largest absolute Gasteiger partial charge is 0.494 e. The minimum Gasteiger partial charge on any atom is -0.494 e. The van der Waals surface area contributed by atoms with Gasteiger partial charge in [-0.3, -0.25) is 4.79 Å². The van der Waals surface area contributed by atoms with E-state index >= 15 is 0 Å². The average Bonchev–Trinajstić information content (AvgIpc) is 2.26. The monoisotopic (exact) mass is 234 g/mol. The van der Waals surface area contributed by atoms with Gasteiger partial charge in [-0.15, -0.1) is 0 Å². The number of nitrogens with two attached hydrogens (primary N) is 1. The maximum absolute atomic E-state index is 12.0. The van der Waals surface area contributed by atoms with Crippen LogP contribution in [0.1, 0.15) is 29.6 Å². The Balaban J connectivity index is 2.04. The molecule has 1 aromatic rings. The molecule has 4 heteroatoms. The van der Waals surface area contributed by atoms with Gasteiger partial charge in [0, 0.05) is 6.54 Å². The van der Waals surface area contributed by atoms with Gasteiger partial charge in [0.2, 0.25) is 0 Å². The predicted molar refractivity (Wildman–Crippen MR) is 67.1 cm³/mol. The van der Waals surface area contributed by atoms with Crippen molar-refractivity contribution in [3.05, 3.63) is 23.8 Å². The number of carbonyl (C=O) groups is 1. The van der Waals surface area contributed by atoms with Crippen molar-refractivity contribution in [2.75, 3.05) is 19.4 Å². The third kappa shape index (κ3) is 2.52. The van der Waals surface area contributed by atoms with Crippen molar-refractivity contribution < 1.29 is 9.53 Å². The van der Waals surface area contributed by atoms with E-state index in [1.807, 2.05) is 0 Å². The number of methoxy groups -OCH3 is 1. The number of rotatable bonds is 4. The van der Waals surface area contributed by atoms with Crippen LogP contribution >= 0.6 is 0 Å². The fourth-order valence-corrected chi connectivity index (χ4v) is 1.99. The van der Waals surface area contributed by atoms with E-state index < -0.39 is 0 Å². The Labute approximate surface area is 101 Å². The van der Waals surface area contributed by atoms with Gasteiger partial charge in [-0.2, -0.15) is 0 Å².